The molecule has 122 valence electrons. The normalized spacial score (nSPS) is 37.0. The van der Waals surface area contributed by atoms with E-state index in [0.29, 0.717) is 24.4 Å². The molecule has 0 radical (unpaired) electrons. The van der Waals surface area contributed by atoms with Crippen molar-refractivity contribution in [2.75, 3.05) is 19.8 Å². The van der Waals surface area contributed by atoms with E-state index < -0.39 is 0 Å². The van der Waals surface area contributed by atoms with E-state index in [1.807, 2.05) is 0 Å². The molecule has 1 unspecified atom stereocenters. The van der Waals surface area contributed by atoms with Crippen LogP contribution < -0.4 is 0 Å². The molecule has 3 heteroatoms. The third-order valence-electron chi connectivity index (χ3n) is 4.95. The summed E-state index contributed by atoms with van der Waals surface area (Å²) in [6.45, 7) is 12.8. The summed E-state index contributed by atoms with van der Waals surface area (Å²) in [4.78, 5) is 0. The van der Waals surface area contributed by atoms with E-state index in [-0.39, 0.29) is 11.9 Å². The van der Waals surface area contributed by atoms with Crippen molar-refractivity contribution in [2.24, 2.45) is 17.8 Å². The van der Waals surface area contributed by atoms with Crippen LogP contribution in [-0.2, 0) is 14.2 Å². The molecule has 0 aromatic carbocycles. The van der Waals surface area contributed by atoms with Crippen molar-refractivity contribution < 1.29 is 14.2 Å². The van der Waals surface area contributed by atoms with E-state index in [1.165, 1.54) is 12.8 Å². The quantitative estimate of drug-likeness (QED) is 0.544. The molecule has 3 nitrogen and oxygen atoms in total. The fraction of sp³-hybridized carbons (Fsp3) is 0.889. The van der Waals surface area contributed by atoms with Gasteiger partial charge in [0.25, 0.3) is 0 Å². The largest absolute Gasteiger partial charge is 0.377 e. The Morgan fingerprint density at radius 1 is 1.33 bits per heavy atom. The van der Waals surface area contributed by atoms with Gasteiger partial charge in [-0.3, -0.25) is 0 Å². The highest BCUT2D eigenvalue weighted by molar-refractivity contribution is 4.91. The predicted octanol–water partition coefficient (Wildman–Crippen LogP) is 4.17. The maximum absolute atomic E-state index is 6.51. The first kappa shape index (κ1) is 17.0. The summed E-state index contributed by atoms with van der Waals surface area (Å²) >= 11 is 0. The molecule has 2 fully saturated rings. The number of ether oxygens (including phenoxy) is 3. The van der Waals surface area contributed by atoms with Gasteiger partial charge in [0.15, 0.2) is 5.79 Å². The smallest absolute Gasteiger partial charge is 0.171 e. The second kappa shape index (κ2) is 7.75. The first-order valence-corrected chi connectivity index (χ1v) is 8.58. The molecule has 0 aromatic rings. The average molecular weight is 296 g/mol. The van der Waals surface area contributed by atoms with Crippen molar-refractivity contribution in [1.29, 1.82) is 0 Å². The number of rotatable bonds is 6. The first-order valence-electron chi connectivity index (χ1n) is 8.58. The van der Waals surface area contributed by atoms with Crippen LogP contribution in [0.4, 0.5) is 0 Å². The van der Waals surface area contributed by atoms with Crippen LogP contribution in [0.3, 0.4) is 0 Å². The summed E-state index contributed by atoms with van der Waals surface area (Å²) in [5.74, 6) is 1.47. The van der Waals surface area contributed by atoms with Crippen LogP contribution in [0.5, 0.6) is 0 Å². The first-order chi connectivity index (χ1) is 10.1. The lowest BCUT2D eigenvalue weighted by Crippen LogP contribution is -2.54. The SMILES string of the molecule is C=CCOCC[C@@H]1CCOC2(C[C@H](C)CC[C@H]2C(C)C)O1. The fourth-order valence-electron chi connectivity index (χ4n) is 3.89. The standard InChI is InChI=1S/C18H32O3/c1-5-10-19-11-8-16-9-12-20-18(21-16)13-15(4)6-7-17(18)14(2)3/h5,14-17H,1,6-13H2,2-4H3/t15-,16-,17+,18?/m1/s1. The Kier molecular flexibility index (Phi) is 6.27. The Hall–Kier alpha value is -0.380. The van der Waals surface area contributed by atoms with E-state index in [4.69, 9.17) is 14.2 Å². The van der Waals surface area contributed by atoms with Crippen LogP contribution in [0.15, 0.2) is 12.7 Å². The molecule has 0 N–H and O–H groups in total. The molecule has 1 heterocycles. The summed E-state index contributed by atoms with van der Waals surface area (Å²) in [6.07, 6.45) is 7.57. The van der Waals surface area contributed by atoms with Gasteiger partial charge in [0.05, 0.1) is 19.3 Å². The van der Waals surface area contributed by atoms with Gasteiger partial charge >= 0.3 is 0 Å². The van der Waals surface area contributed by atoms with E-state index in [9.17, 15) is 0 Å². The van der Waals surface area contributed by atoms with Gasteiger partial charge in [-0.05, 0) is 31.1 Å². The third-order valence-corrected chi connectivity index (χ3v) is 4.95. The van der Waals surface area contributed by atoms with E-state index in [1.54, 1.807) is 6.08 Å². The van der Waals surface area contributed by atoms with Crippen LogP contribution in [0.2, 0.25) is 0 Å². The molecule has 2 aliphatic rings. The van der Waals surface area contributed by atoms with E-state index >= 15 is 0 Å². The van der Waals surface area contributed by atoms with Crippen LogP contribution in [0.1, 0.15) is 52.9 Å². The lowest BCUT2D eigenvalue weighted by molar-refractivity contribution is -0.340. The van der Waals surface area contributed by atoms with Crippen molar-refractivity contribution >= 4 is 0 Å². The van der Waals surface area contributed by atoms with Gasteiger partial charge in [-0.2, -0.15) is 0 Å². The van der Waals surface area contributed by atoms with Gasteiger partial charge in [0, 0.05) is 18.9 Å². The number of hydrogen-bond acceptors (Lipinski definition) is 3. The van der Waals surface area contributed by atoms with Crippen LogP contribution in [0.25, 0.3) is 0 Å². The van der Waals surface area contributed by atoms with Crippen molar-refractivity contribution in [3.05, 3.63) is 12.7 Å². The Morgan fingerprint density at radius 3 is 2.86 bits per heavy atom. The second-order valence-corrected chi connectivity index (χ2v) is 7.08. The summed E-state index contributed by atoms with van der Waals surface area (Å²) in [5.41, 5.74) is 0. The Balaban J connectivity index is 1.96. The lowest BCUT2D eigenvalue weighted by Gasteiger charge is -2.51. The maximum Gasteiger partial charge on any atom is 0.171 e. The minimum Gasteiger partial charge on any atom is -0.377 e. The molecular formula is C18H32O3. The predicted molar refractivity (Wildman–Crippen MR) is 85.1 cm³/mol. The maximum atomic E-state index is 6.51. The van der Waals surface area contributed by atoms with Gasteiger partial charge in [-0.25, -0.2) is 0 Å². The van der Waals surface area contributed by atoms with E-state index in [2.05, 4.69) is 27.4 Å². The highest BCUT2D eigenvalue weighted by atomic mass is 16.7. The van der Waals surface area contributed by atoms with Gasteiger partial charge in [-0.1, -0.05) is 33.3 Å². The zero-order valence-electron chi connectivity index (χ0n) is 14.0. The van der Waals surface area contributed by atoms with Gasteiger partial charge in [0.2, 0.25) is 0 Å². The molecule has 1 saturated carbocycles. The summed E-state index contributed by atoms with van der Waals surface area (Å²) in [7, 11) is 0. The molecule has 1 spiro atoms. The van der Waals surface area contributed by atoms with Crippen LogP contribution in [-0.4, -0.2) is 31.7 Å². The summed E-state index contributed by atoms with van der Waals surface area (Å²) < 4.78 is 18.3. The molecular weight excluding hydrogens is 264 g/mol. The van der Waals surface area contributed by atoms with Crippen molar-refractivity contribution in [2.45, 2.75) is 64.8 Å². The molecule has 1 aliphatic carbocycles. The molecule has 1 saturated heterocycles. The highest BCUT2D eigenvalue weighted by Gasteiger charge is 2.49. The molecule has 4 atom stereocenters. The zero-order chi connectivity index (χ0) is 15.3. The van der Waals surface area contributed by atoms with Gasteiger partial charge in [-0.15, -0.1) is 6.58 Å². The van der Waals surface area contributed by atoms with Crippen molar-refractivity contribution in [1.82, 2.24) is 0 Å². The molecule has 0 amide bonds. The second-order valence-electron chi connectivity index (χ2n) is 7.08. The molecule has 0 bridgehead atoms. The summed E-state index contributed by atoms with van der Waals surface area (Å²) in [5, 5.41) is 0. The van der Waals surface area contributed by atoms with Crippen LogP contribution >= 0.6 is 0 Å². The van der Waals surface area contributed by atoms with E-state index in [0.717, 1.165) is 32.5 Å². The fourth-order valence-corrected chi connectivity index (χ4v) is 3.89. The third kappa shape index (κ3) is 4.30. The van der Waals surface area contributed by atoms with Crippen molar-refractivity contribution in [3.8, 4) is 0 Å². The molecule has 21 heavy (non-hydrogen) atoms. The zero-order valence-corrected chi connectivity index (χ0v) is 14.0. The topological polar surface area (TPSA) is 27.7 Å². The minimum atomic E-state index is -0.340. The molecule has 2 rings (SSSR count). The van der Waals surface area contributed by atoms with Crippen LogP contribution in [0, 0.1) is 17.8 Å². The lowest BCUT2D eigenvalue weighted by atomic mass is 9.72. The monoisotopic (exact) mass is 296 g/mol. The molecule has 0 aromatic heterocycles. The minimum absolute atomic E-state index is 0.273. The average Bonchev–Trinajstić information content (AvgIpc) is 2.43. The number of hydrogen-bond donors (Lipinski definition) is 0. The highest BCUT2D eigenvalue weighted by Crippen LogP contribution is 2.46. The Bertz CT molecular complexity index is 328. The van der Waals surface area contributed by atoms with Gasteiger partial charge < -0.3 is 14.2 Å². The summed E-state index contributed by atoms with van der Waals surface area (Å²) in [6, 6.07) is 0. The Morgan fingerprint density at radius 2 is 2.14 bits per heavy atom. The van der Waals surface area contributed by atoms with Gasteiger partial charge in [0.1, 0.15) is 0 Å². The van der Waals surface area contributed by atoms with Crippen molar-refractivity contribution in [3.63, 3.8) is 0 Å². The molecule has 1 aliphatic heterocycles. The Labute approximate surface area is 130 Å².